The Morgan fingerprint density at radius 3 is 2.60 bits per heavy atom. The van der Waals surface area contributed by atoms with Crippen molar-refractivity contribution in [2.75, 3.05) is 32.8 Å². The largest absolute Gasteiger partial charge is 0.396 e. The van der Waals surface area contributed by atoms with Crippen molar-refractivity contribution in [3.63, 3.8) is 0 Å². The number of aliphatic hydroxyl groups excluding tert-OH is 1. The third kappa shape index (κ3) is 4.96. The van der Waals surface area contributed by atoms with E-state index in [1.54, 1.807) is 0 Å². The quantitative estimate of drug-likeness (QED) is 0.694. The Labute approximate surface area is 93.9 Å². The second kappa shape index (κ2) is 7.20. The summed E-state index contributed by atoms with van der Waals surface area (Å²) in [7, 11) is 0. The van der Waals surface area contributed by atoms with Crippen molar-refractivity contribution >= 4 is 0 Å². The van der Waals surface area contributed by atoms with Crippen molar-refractivity contribution in [2.24, 2.45) is 5.92 Å². The molecule has 90 valence electrons. The Morgan fingerprint density at radius 1 is 1.40 bits per heavy atom. The highest BCUT2D eigenvalue weighted by molar-refractivity contribution is 4.77. The Kier molecular flexibility index (Phi) is 6.22. The maximum Gasteiger partial charge on any atom is 0.0434 e. The molecule has 1 atom stereocenters. The van der Waals surface area contributed by atoms with Crippen molar-refractivity contribution in [1.82, 2.24) is 10.2 Å². The van der Waals surface area contributed by atoms with Crippen LogP contribution in [0.4, 0.5) is 0 Å². The molecular formula is C12H26N2O. The minimum atomic E-state index is 0.317. The van der Waals surface area contributed by atoms with E-state index in [1.807, 2.05) is 0 Å². The Balaban J connectivity index is 2.08. The number of nitrogens with one attached hydrogen (secondary N) is 1. The van der Waals surface area contributed by atoms with Crippen LogP contribution in [0.1, 0.15) is 33.1 Å². The number of hydrogen-bond acceptors (Lipinski definition) is 3. The fourth-order valence-electron chi connectivity index (χ4n) is 2.14. The summed E-state index contributed by atoms with van der Waals surface area (Å²) in [6, 6.07) is 0.703. The van der Waals surface area contributed by atoms with Gasteiger partial charge in [0.15, 0.2) is 0 Å². The monoisotopic (exact) mass is 214 g/mol. The molecule has 0 aromatic rings. The maximum absolute atomic E-state index is 8.81. The molecule has 1 heterocycles. The minimum absolute atomic E-state index is 0.317. The van der Waals surface area contributed by atoms with Gasteiger partial charge in [-0.1, -0.05) is 13.8 Å². The van der Waals surface area contributed by atoms with Gasteiger partial charge in [0, 0.05) is 12.6 Å². The number of aliphatic hydroxyl groups is 1. The number of likely N-dealkylation sites (tertiary alicyclic amines) is 1. The van der Waals surface area contributed by atoms with Crippen LogP contribution in [-0.2, 0) is 0 Å². The summed E-state index contributed by atoms with van der Waals surface area (Å²) in [6.07, 6.45) is 3.47. The molecule has 0 spiro atoms. The average molecular weight is 214 g/mol. The lowest BCUT2D eigenvalue weighted by atomic mass is 10.0. The van der Waals surface area contributed by atoms with E-state index in [0.717, 1.165) is 13.0 Å². The van der Waals surface area contributed by atoms with Crippen molar-refractivity contribution < 1.29 is 5.11 Å². The summed E-state index contributed by atoms with van der Waals surface area (Å²) >= 11 is 0. The van der Waals surface area contributed by atoms with Crippen molar-refractivity contribution in [2.45, 2.75) is 39.2 Å². The van der Waals surface area contributed by atoms with Gasteiger partial charge in [-0.3, -0.25) is 0 Å². The predicted octanol–water partition coefficient (Wildman–Crippen LogP) is 1.08. The summed E-state index contributed by atoms with van der Waals surface area (Å²) < 4.78 is 0. The molecule has 1 saturated heterocycles. The van der Waals surface area contributed by atoms with E-state index in [2.05, 4.69) is 24.1 Å². The molecule has 1 unspecified atom stereocenters. The molecule has 2 N–H and O–H groups in total. The highest BCUT2D eigenvalue weighted by atomic mass is 16.3. The molecule has 1 aliphatic rings. The van der Waals surface area contributed by atoms with E-state index in [0.29, 0.717) is 18.6 Å². The average Bonchev–Trinajstić information content (AvgIpc) is 2.27. The first-order valence-electron chi connectivity index (χ1n) is 6.32. The first-order valence-corrected chi connectivity index (χ1v) is 6.32. The van der Waals surface area contributed by atoms with E-state index >= 15 is 0 Å². The van der Waals surface area contributed by atoms with Crippen molar-refractivity contribution in [3.05, 3.63) is 0 Å². The lowest BCUT2D eigenvalue weighted by Gasteiger charge is -2.32. The molecule has 1 rings (SSSR count). The minimum Gasteiger partial charge on any atom is -0.396 e. The van der Waals surface area contributed by atoms with Crippen LogP contribution >= 0.6 is 0 Å². The molecule has 0 radical (unpaired) electrons. The molecule has 3 heteroatoms. The van der Waals surface area contributed by atoms with Gasteiger partial charge in [0.1, 0.15) is 0 Å². The molecular weight excluding hydrogens is 188 g/mol. The molecule has 0 amide bonds. The summed E-state index contributed by atoms with van der Waals surface area (Å²) in [5, 5.41) is 12.4. The number of nitrogens with zero attached hydrogens (tertiary/aromatic N) is 1. The molecule has 3 nitrogen and oxygen atoms in total. The van der Waals surface area contributed by atoms with Gasteiger partial charge in [0.2, 0.25) is 0 Å². The van der Waals surface area contributed by atoms with Gasteiger partial charge in [-0.05, 0) is 51.4 Å². The van der Waals surface area contributed by atoms with Crippen LogP contribution in [0, 0.1) is 5.92 Å². The van der Waals surface area contributed by atoms with Crippen LogP contribution in [0.15, 0.2) is 0 Å². The molecule has 0 aromatic heterocycles. The summed E-state index contributed by atoms with van der Waals surface area (Å²) in [6.45, 7) is 9.47. The molecule has 15 heavy (non-hydrogen) atoms. The zero-order chi connectivity index (χ0) is 11.1. The topological polar surface area (TPSA) is 35.5 Å². The van der Waals surface area contributed by atoms with Crippen LogP contribution in [0.25, 0.3) is 0 Å². The Hall–Kier alpha value is -0.120. The van der Waals surface area contributed by atoms with Gasteiger partial charge in [0.05, 0.1) is 0 Å². The van der Waals surface area contributed by atoms with Crippen LogP contribution in [0.2, 0.25) is 0 Å². The first-order chi connectivity index (χ1) is 7.26. The smallest absolute Gasteiger partial charge is 0.0434 e. The molecule has 0 aliphatic carbocycles. The summed E-state index contributed by atoms with van der Waals surface area (Å²) in [5.41, 5.74) is 0. The zero-order valence-corrected chi connectivity index (χ0v) is 10.2. The molecule has 0 bridgehead atoms. The highest BCUT2D eigenvalue weighted by Gasteiger charge is 2.17. The number of piperidine rings is 1. The van der Waals surface area contributed by atoms with Crippen LogP contribution in [0.5, 0.6) is 0 Å². The van der Waals surface area contributed by atoms with Crippen LogP contribution < -0.4 is 5.32 Å². The van der Waals surface area contributed by atoms with Gasteiger partial charge in [-0.2, -0.15) is 0 Å². The lowest BCUT2D eigenvalue weighted by Crippen LogP contribution is -2.43. The van der Waals surface area contributed by atoms with Crippen molar-refractivity contribution in [3.8, 4) is 0 Å². The first kappa shape index (κ1) is 12.9. The van der Waals surface area contributed by atoms with E-state index in [-0.39, 0.29) is 0 Å². The second-order valence-corrected chi connectivity index (χ2v) is 4.73. The Bertz CT molecular complexity index is 156. The third-order valence-corrected chi connectivity index (χ3v) is 3.41. The van der Waals surface area contributed by atoms with E-state index in [9.17, 15) is 0 Å². The Morgan fingerprint density at radius 2 is 2.07 bits per heavy atom. The molecule has 1 aliphatic heterocycles. The van der Waals surface area contributed by atoms with Gasteiger partial charge < -0.3 is 15.3 Å². The number of rotatable bonds is 6. The van der Waals surface area contributed by atoms with Gasteiger partial charge >= 0.3 is 0 Å². The zero-order valence-electron chi connectivity index (χ0n) is 10.2. The van der Waals surface area contributed by atoms with Gasteiger partial charge in [-0.25, -0.2) is 0 Å². The fourth-order valence-corrected chi connectivity index (χ4v) is 2.14. The van der Waals surface area contributed by atoms with Crippen molar-refractivity contribution in [1.29, 1.82) is 0 Å². The number of hydrogen-bond donors (Lipinski definition) is 2. The molecule has 0 saturated carbocycles. The van der Waals surface area contributed by atoms with E-state index in [4.69, 9.17) is 5.11 Å². The standard InChI is InChI=1S/C12H26N2O/c1-3-14-7-4-12(5-8-14)13-10-11(2)6-9-15/h11-13,15H,3-10H2,1-2H3. The third-order valence-electron chi connectivity index (χ3n) is 3.41. The summed E-state index contributed by atoms with van der Waals surface area (Å²) in [4.78, 5) is 2.51. The molecule has 1 fully saturated rings. The van der Waals surface area contributed by atoms with Crippen LogP contribution in [0.3, 0.4) is 0 Å². The normalized spacial score (nSPS) is 21.8. The van der Waals surface area contributed by atoms with Gasteiger partial charge in [0.25, 0.3) is 0 Å². The second-order valence-electron chi connectivity index (χ2n) is 4.73. The van der Waals surface area contributed by atoms with E-state index < -0.39 is 0 Å². The predicted molar refractivity (Wildman–Crippen MR) is 64.0 cm³/mol. The fraction of sp³-hybridized carbons (Fsp3) is 1.00. The van der Waals surface area contributed by atoms with Crippen LogP contribution in [-0.4, -0.2) is 48.8 Å². The SMILES string of the molecule is CCN1CCC(NCC(C)CCO)CC1. The van der Waals surface area contributed by atoms with Gasteiger partial charge in [-0.15, -0.1) is 0 Å². The lowest BCUT2D eigenvalue weighted by molar-refractivity contribution is 0.199. The maximum atomic E-state index is 8.81. The molecule has 0 aromatic carbocycles. The summed E-state index contributed by atoms with van der Waals surface area (Å²) in [5.74, 6) is 0.596. The highest BCUT2D eigenvalue weighted by Crippen LogP contribution is 2.10. The van der Waals surface area contributed by atoms with E-state index in [1.165, 1.54) is 32.5 Å².